The van der Waals surface area contributed by atoms with E-state index in [2.05, 4.69) is 19.2 Å². The Morgan fingerprint density at radius 3 is 2.00 bits per heavy atom. The van der Waals surface area contributed by atoms with E-state index >= 15 is 0 Å². The fraction of sp³-hybridized carbons (Fsp3) is 0.778. The van der Waals surface area contributed by atoms with Gasteiger partial charge in [-0.05, 0) is 25.9 Å². The molecule has 0 fully saturated rings. The van der Waals surface area contributed by atoms with Crippen molar-refractivity contribution in [3.8, 4) is 0 Å². The maximum absolute atomic E-state index is 3.78. The molecule has 0 amide bonds. The second-order valence-electron chi connectivity index (χ2n) is 2.52. The molecule has 0 aromatic rings. The van der Waals surface area contributed by atoms with Crippen LogP contribution in [0.3, 0.4) is 0 Å². The molecule has 0 bridgehead atoms. The lowest BCUT2D eigenvalue weighted by Gasteiger charge is -2.01. The molecular formula is C9H19N. The fourth-order valence-corrected chi connectivity index (χ4v) is 0.802. The number of unbranched alkanes of at least 4 members (excludes halogenated alkanes) is 3. The van der Waals surface area contributed by atoms with Crippen molar-refractivity contribution in [3.05, 3.63) is 13.8 Å². The van der Waals surface area contributed by atoms with Gasteiger partial charge in [0.1, 0.15) is 0 Å². The molecule has 0 atom stereocenters. The Bertz CT molecular complexity index is 44.7. The van der Waals surface area contributed by atoms with Gasteiger partial charge in [-0.25, -0.2) is 0 Å². The summed E-state index contributed by atoms with van der Waals surface area (Å²) in [6, 6.07) is 0. The highest BCUT2D eigenvalue weighted by Gasteiger charge is 1.85. The molecule has 0 unspecified atom stereocenters. The fourth-order valence-electron chi connectivity index (χ4n) is 0.802. The molecule has 10 heavy (non-hydrogen) atoms. The molecule has 1 heteroatoms. The summed E-state index contributed by atoms with van der Waals surface area (Å²) < 4.78 is 0. The molecule has 1 nitrogen and oxygen atoms in total. The average molecular weight is 141 g/mol. The van der Waals surface area contributed by atoms with Gasteiger partial charge in [-0.1, -0.05) is 33.1 Å². The van der Waals surface area contributed by atoms with Crippen molar-refractivity contribution in [3.63, 3.8) is 0 Å². The Morgan fingerprint density at radius 2 is 1.40 bits per heavy atom. The van der Waals surface area contributed by atoms with Crippen LogP contribution in [-0.2, 0) is 0 Å². The van der Waals surface area contributed by atoms with E-state index in [1.165, 1.54) is 19.3 Å². The van der Waals surface area contributed by atoms with Gasteiger partial charge in [-0.3, -0.25) is 0 Å². The van der Waals surface area contributed by atoms with Crippen molar-refractivity contribution in [1.82, 2.24) is 5.32 Å². The van der Waals surface area contributed by atoms with E-state index in [4.69, 9.17) is 0 Å². The minimum Gasteiger partial charge on any atom is -0.317 e. The van der Waals surface area contributed by atoms with Gasteiger partial charge in [0.25, 0.3) is 0 Å². The zero-order chi connectivity index (χ0) is 7.66. The molecule has 0 saturated heterocycles. The van der Waals surface area contributed by atoms with Crippen molar-refractivity contribution in [2.75, 3.05) is 13.1 Å². The van der Waals surface area contributed by atoms with Crippen LogP contribution in [0.1, 0.15) is 32.1 Å². The summed E-state index contributed by atoms with van der Waals surface area (Å²) in [5.41, 5.74) is 0. The van der Waals surface area contributed by atoms with Crippen molar-refractivity contribution < 1.29 is 0 Å². The molecule has 0 rings (SSSR count). The van der Waals surface area contributed by atoms with E-state index in [1.54, 1.807) is 0 Å². The van der Waals surface area contributed by atoms with Gasteiger partial charge in [-0.15, -0.1) is 0 Å². The Balaban J connectivity index is 2.65. The highest BCUT2D eigenvalue weighted by Crippen LogP contribution is 1.90. The normalized spacial score (nSPS) is 10.2. The van der Waals surface area contributed by atoms with Crippen LogP contribution >= 0.6 is 0 Å². The largest absolute Gasteiger partial charge is 0.317 e. The highest BCUT2D eigenvalue weighted by molar-refractivity contribution is 4.50. The zero-order valence-electron chi connectivity index (χ0n) is 6.86. The first kappa shape index (κ1) is 9.96. The second kappa shape index (κ2) is 8.96. The van der Waals surface area contributed by atoms with Crippen LogP contribution < -0.4 is 5.32 Å². The maximum Gasteiger partial charge on any atom is -0.00489 e. The van der Waals surface area contributed by atoms with E-state index in [-0.39, 0.29) is 0 Å². The van der Waals surface area contributed by atoms with Crippen molar-refractivity contribution in [2.24, 2.45) is 0 Å². The summed E-state index contributed by atoms with van der Waals surface area (Å²) in [4.78, 5) is 0. The minimum absolute atomic E-state index is 1.04. The second-order valence-corrected chi connectivity index (χ2v) is 2.52. The lowest BCUT2D eigenvalue weighted by molar-refractivity contribution is 0.609. The number of nitrogens with one attached hydrogen (secondary N) is 1. The first-order valence-electron chi connectivity index (χ1n) is 4.21. The first-order chi connectivity index (χ1) is 4.91. The molecule has 0 spiro atoms. The molecule has 0 aromatic heterocycles. The Labute approximate surface area is 65.2 Å². The van der Waals surface area contributed by atoms with Crippen molar-refractivity contribution >= 4 is 0 Å². The van der Waals surface area contributed by atoms with Gasteiger partial charge < -0.3 is 5.32 Å². The quantitative estimate of drug-likeness (QED) is 0.536. The molecule has 0 aromatic carbocycles. The first-order valence-corrected chi connectivity index (χ1v) is 4.21. The van der Waals surface area contributed by atoms with E-state index in [0.29, 0.717) is 0 Å². The van der Waals surface area contributed by atoms with Gasteiger partial charge in [0, 0.05) is 0 Å². The smallest absolute Gasteiger partial charge is 0.00489 e. The average Bonchev–Trinajstić information content (AvgIpc) is 1.97. The summed E-state index contributed by atoms with van der Waals surface area (Å²) in [6.45, 7) is 9.83. The SMILES string of the molecule is [CH2]CCCCNCCC[CH2]. The standard InChI is InChI=1S/C9H19N/c1-3-5-7-9-10-8-6-4-2/h10H,1-9H2. The maximum atomic E-state index is 3.78. The van der Waals surface area contributed by atoms with Gasteiger partial charge in [-0.2, -0.15) is 0 Å². The molecule has 0 saturated carbocycles. The summed E-state index contributed by atoms with van der Waals surface area (Å²) in [5, 5.41) is 3.35. The molecule has 0 heterocycles. The van der Waals surface area contributed by atoms with Crippen LogP contribution in [0.5, 0.6) is 0 Å². The molecule has 0 aliphatic rings. The van der Waals surface area contributed by atoms with Gasteiger partial charge in [0.2, 0.25) is 0 Å². The van der Waals surface area contributed by atoms with Crippen molar-refractivity contribution in [2.45, 2.75) is 32.1 Å². The van der Waals surface area contributed by atoms with Crippen LogP contribution in [0.4, 0.5) is 0 Å². The lowest BCUT2D eigenvalue weighted by Crippen LogP contribution is -2.16. The van der Waals surface area contributed by atoms with E-state index < -0.39 is 0 Å². The molecule has 0 aliphatic heterocycles. The molecule has 1 N–H and O–H groups in total. The van der Waals surface area contributed by atoms with Crippen LogP contribution in [0.25, 0.3) is 0 Å². The van der Waals surface area contributed by atoms with Gasteiger partial charge >= 0.3 is 0 Å². The van der Waals surface area contributed by atoms with E-state index in [0.717, 1.165) is 25.9 Å². The monoisotopic (exact) mass is 141 g/mol. The molecule has 60 valence electrons. The summed E-state index contributed by atoms with van der Waals surface area (Å²) in [6.07, 6.45) is 5.82. The minimum atomic E-state index is 1.04. The summed E-state index contributed by atoms with van der Waals surface area (Å²) in [7, 11) is 0. The van der Waals surface area contributed by atoms with E-state index in [9.17, 15) is 0 Å². The van der Waals surface area contributed by atoms with Crippen LogP contribution in [-0.4, -0.2) is 13.1 Å². The number of hydrogen-bond acceptors (Lipinski definition) is 1. The Kier molecular flexibility index (Phi) is 8.92. The highest BCUT2D eigenvalue weighted by atomic mass is 14.8. The van der Waals surface area contributed by atoms with Gasteiger partial charge in [0.05, 0.1) is 0 Å². The number of hydrogen-bond donors (Lipinski definition) is 1. The molecule has 2 radical (unpaired) electrons. The Hall–Kier alpha value is -0.0400. The third-order valence-electron chi connectivity index (χ3n) is 1.46. The number of rotatable bonds is 7. The molecular weight excluding hydrogens is 122 g/mol. The summed E-state index contributed by atoms with van der Waals surface area (Å²) >= 11 is 0. The predicted molar refractivity (Wildman–Crippen MR) is 46.7 cm³/mol. The lowest BCUT2D eigenvalue weighted by atomic mass is 10.2. The summed E-state index contributed by atoms with van der Waals surface area (Å²) in [5.74, 6) is 0. The topological polar surface area (TPSA) is 12.0 Å². The van der Waals surface area contributed by atoms with E-state index in [1.807, 2.05) is 0 Å². The van der Waals surface area contributed by atoms with Crippen LogP contribution in [0, 0.1) is 13.8 Å². The predicted octanol–water partition coefficient (Wildman–Crippen LogP) is 2.19. The van der Waals surface area contributed by atoms with Gasteiger partial charge in [0.15, 0.2) is 0 Å². The molecule has 0 aliphatic carbocycles. The van der Waals surface area contributed by atoms with Crippen LogP contribution in [0.2, 0.25) is 0 Å². The zero-order valence-corrected chi connectivity index (χ0v) is 6.86. The third kappa shape index (κ3) is 7.96. The Morgan fingerprint density at radius 1 is 0.800 bits per heavy atom. The third-order valence-corrected chi connectivity index (χ3v) is 1.46. The van der Waals surface area contributed by atoms with Crippen LogP contribution in [0.15, 0.2) is 0 Å². The van der Waals surface area contributed by atoms with Crippen molar-refractivity contribution in [1.29, 1.82) is 0 Å².